The molecule has 1 aliphatic carbocycles. The third-order valence-corrected chi connectivity index (χ3v) is 10.4. The smallest absolute Gasteiger partial charge is 0.256 e. The van der Waals surface area contributed by atoms with Gasteiger partial charge in [0.1, 0.15) is 29.2 Å². The number of rotatable bonds is 15. The second kappa shape index (κ2) is 16.4. The highest BCUT2D eigenvalue weighted by molar-refractivity contribution is 7.98. The summed E-state index contributed by atoms with van der Waals surface area (Å²) in [5, 5.41) is 9.34. The van der Waals surface area contributed by atoms with E-state index >= 15 is 0 Å². The summed E-state index contributed by atoms with van der Waals surface area (Å²) in [6, 6.07) is 24.6. The van der Waals surface area contributed by atoms with Gasteiger partial charge in [-0.05, 0) is 48.7 Å². The molecule has 1 saturated carbocycles. The lowest BCUT2D eigenvalue weighted by Crippen LogP contribution is -2.58. The summed E-state index contributed by atoms with van der Waals surface area (Å²) in [6.45, 7) is 7.39. The van der Waals surface area contributed by atoms with Crippen molar-refractivity contribution in [3.8, 4) is 22.8 Å². The van der Waals surface area contributed by atoms with Gasteiger partial charge in [-0.15, -0.1) is 6.58 Å². The summed E-state index contributed by atoms with van der Waals surface area (Å²) in [7, 11) is 3.19. The first kappa shape index (κ1) is 37.2. The van der Waals surface area contributed by atoms with E-state index < -0.39 is 41.4 Å². The van der Waals surface area contributed by atoms with Gasteiger partial charge in [-0.3, -0.25) is 23.9 Å². The van der Waals surface area contributed by atoms with Crippen molar-refractivity contribution in [1.82, 2.24) is 30.5 Å². The highest BCUT2D eigenvalue weighted by atomic mass is 32.2. The zero-order chi connectivity index (χ0) is 37.5. The number of fused-ring (bicyclic) bond motifs is 1. The molecule has 6 rings (SSSR count). The molecule has 0 unspecified atom stereocenters. The lowest BCUT2D eigenvalue weighted by molar-refractivity contribution is -0.140. The molecule has 0 bridgehead atoms. The van der Waals surface area contributed by atoms with E-state index in [4.69, 9.17) is 14.5 Å². The molecule has 1 aromatic heterocycles. The molecule has 53 heavy (non-hydrogen) atoms. The van der Waals surface area contributed by atoms with Crippen molar-refractivity contribution in [2.75, 3.05) is 20.2 Å². The van der Waals surface area contributed by atoms with E-state index in [0.29, 0.717) is 29.1 Å². The van der Waals surface area contributed by atoms with Crippen LogP contribution in [0.1, 0.15) is 12.8 Å². The average molecular weight is 733 g/mol. The van der Waals surface area contributed by atoms with Crippen LogP contribution in [-0.2, 0) is 19.2 Å². The van der Waals surface area contributed by atoms with Crippen molar-refractivity contribution < 1.29 is 28.7 Å². The Bertz CT molecular complexity index is 2020. The predicted molar refractivity (Wildman–Crippen MR) is 207 cm³/mol. The van der Waals surface area contributed by atoms with Crippen LogP contribution in [-0.4, -0.2) is 85.4 Å². The number of carbonyl (C=O) groups is 4. The van der Waals surface area contributed by atoms with E-state index in [1.807, 2.05) is 84.9 Å². The average Bonchev–Trinajstić information content (AvgIpc) is 3.75. The summed E-state index contributed by atoms with van der Waals surface area (Å²) in [6.07, 6.45) is 2.68. The van der Waals surface area contributed by atoms with Crippen LogP contribution in [0, 0.1) is 5.92 Å². The number of methoxy groups -OCH3 is 1. The van der Waals surface area contributed by atoms with Crippen LogP contribution in [0.25, 0.3) is 22.2 Å². The van der Waals surface area contributed by atoms with Crippen LogP contribution in [0.4, 0.5) is 0 Å². The molecule has 1 saturated heterocycles. The fraction of sp³-hybridized carbons (Fsp3) is 0.256. The van der Waals surface area contributed by atoms with Crippen molar-refractivity contribution in [2.45, 2.75) is 41.5 Å². The molecule has 2 fully saturated rings. The quantitative estimate of drug-likeness (QED) is 0.0627. The highest BCUT2D eigenvalue weighted by Gasteiger charge is 2.61. The molecule has 2 heterocycles. The number of benzene rings is 3. The zero-order valence-electron chi connectivity index (χ0n) is 29.5. The van der Waals surface area contributed by atoms with Crippen LogP contribution >= 0.6 is 11.9 Å². The fourth-order valence-electron chi connectivity index (χ4n) is 6.52. The minimum Gasteiger partial charge on any atom is -0.497 e. The van der Waals surface area contributed by atoms with Crippen LogP contribution in [0.5, 0.6) is 11.5 Å². The number of hydrogen-bond acceptors (Lipinski definition) is 9. The van der Waals surface area contributed by atoms with Gasteiger partial charge in [-0.25, -0.2) is 4.98 Å². The van der Waals surface area contributed by atoms with E-state index in [1.54, 1.807) is 21.2 Å². The molecular weight excluding hydrogens is 691 g/mol. The molecule has 1 aliphatic heterocycles. The van der Waals surface area contributed by atoms with Gasteiger partial charge in [-0.1, -0.05) is 61.2 Å². The molecule has 14 heteroatoms. The zero-order valence-corrected chi connectivity index (χ0v) is 30.4. The Morgan fingerprint density at radius 3 is 2.45 bits per heavy atom. The lowest BCUT2D eigenvalue weighted by Gasteiger charge is -2.29. The maximum absolute atomic E-state index is 14.3. The van der Waals surface area contributed by atoms with Gasteiger partial charge >= 0.3 is 0 Å². The lowest BCUT2D eigenvalue weighted by atomic mass is 10.1. The third-order valence-electron chi connectivity index (χ3n) is 9.56. The third kappa shape index (κ3) is 8.24. The number of aromatic nitrogens is 1. The second-order valence-electron chi connectivity index (χ2n) is 12.9. The Balaban J connectivity index is 1.29. The van der Waals surface area contributed by atoms with Crippen LogP contribution in [0.15, 0.2) is 115 Å². The molecule has 4 N–H and O–H groups in total. The molecule has 2 aliphatic rings. The number of pyridine rings is 1. The Morgan fingerprint density at radius 1 is 1.06 bits per heavy atom. The molecular formula is C39H41BN6O6S. The predicted octanol–water partition coefficient (Wildman–Crippen LogP) is 2.95. The minimum absolute atomic E-state index is 0.0323. The number of carbonyl (C=O) groups excluding carboxylic acids is 4. The molecule has 4 aromatic rings. The van der Waals surface area contributed by atoms with Crippen molar-refractivity contribution >= 4 is 54.5 Å². The van der Waals surface area contributed by atoms with Crippen molar-refractivity contribution in [1.29, 1.82) is 0 Å². The summed E-state index contributed by atoms with van der Waals surface area (Å²) in [4.78, 5) is 61.2. The van der Waals surface area contributed by atoms with E-state index in [9.17, 15) is 19.2 Å². The van der Waals surface area contributed by atoms with E-state index in [1.165, 1.54) is 4.90 Å². The second-order valence-corrected chi connectivity index (χ2v) is 13.8. The van der Waals surface area contributed by atoms with Crippen LogP contribution in [0.2, 0.25) is 0 Å². The highest BCUT2D eigenvalue weighted by Crippen LogP contribution is 2.45. The molecule has 4 amide bonds. The minimum atomic E-state index is -1.22. The molecule has 3 aromatic carbocycles. The topological polar surface area (TPSA) is 151 Å². The number of amides is 4. The SMILES string of the molecule is BN[C@@H](CNC(=O)C=C)C(=O)N1C[C@H](Oc2cc(-c3ccccc3)nc3cc(OC)ccc23)C[C@H]1C(=O)N[C@]1(C(=O)NSc2ccccc2)C[C@H]1C=C. The Kier molecular flexibility index (Phi) is 11.5. The van der Waals surface area contributed by atoms with Crippen molar-refractivity contribution in [2.24, 2.45) is 5.92 Å². The van der Waals surface area contributed by atoms with Crippen LogP contribution < -0.4 is 30.1 Å². The fourth-order valence-corrected chi connectivity index (χ4v) is 7.21. The van der Waals surface area contributed by atoms with E-state index in [2.05, 4.69) is 33.7 Å². The van der Waals surface area contributed by atoms with Crippen molar-refractivity contribution in [3.63, 3.8) is 0 Å². The molecule has 12 nitrogen and oxygen atoms in total. The molecule has 0 spiro atoms. The van der Waals surface area contributed by atoms with E-state index in [-0.39, 0.29) is 31.3 Å². The maximum atomic E-state index is 14.3. The number of ether oxygens (including phenoxy) is 2. The van der Waals surface area contributed by atoms with Gasteiger partial charge in [0.15, 0.2) is 7.98 Å². The number of nitrogens with one attached hydrogen (secondary N) is 4. The largest absolute Gasteiger partial charge is 0.497 e. The monoisotopic (exact) mass is 732 g/mol. The number of likely N-dealkylation sites (tertiary alicyclic amines) is 1. The first-order valence-electron chi connectivity index (χ1n) is 17.3. The summed E-state index contributed by atoms with van der Waals surface area (Å²) >= 11 is 1.16. The molecule has 5 atom stereocenters. The summed E-state index contributed by atoms with van der Waals surface area (Å²) in [5.74, 6) is -0.830. The van der Waals surface area contributed by atoms with Crippen LogP contribution in [0.3, 0.4) is 0 Å². The Hall–Kier alpha value is -5.60. The Labute approximate surface area is 313 Å². The van der Waals surface area contributed by atoms with Gasteiger partial charge in [-0.2, -0.15) is 0 Å². The normalized spacial score (nSPS) is 20.8. The van der Waals surface area contributed by atoms with Crippen molar-refractivity contribution in [3.05, 3.63) is 110 Å². The maximum Gasteiger partial charge on any atom is 0.256 e. The first-order valence-corrected chi connectivity index (χ1v) is 18.1. The molecule has 0 radical (unpaired) electrons. The van der Waals surface area contributed by atoms with Gasteiger partial charge in [0.25, 0.3) is 5.91 Å². The summed E-state index contributed by atoms with van der Waals surface area (Å²) < 4.78 is 15.0. The molecule has 272 valence electrons. The summed E-state index contributed by atoms with van der Waals surface area (Å²) in [5.41, 5.74) is 0.996. The van der Waals surface area contributed by atoms with Gasteiger partial charge in [0.2, 0.25) is 17.7 Å². The first-order chi connectivity index (χ1) is 25.7. The Morgan fingerprint density at radius 2 is 1.79 bits per heavy atom. The van der Waals surface area contributed by atoms with E-state index in [0.717, 1.165) is 33.9 Å². The van der Waals surface area contributed by atoms with Gasteiger partial charge < -0.3 is 30.2 Å². The standard InChI is InChI=1S/C39H41BN6O6S/c1-4-25-21-39(25,38(50)45-53-28-14-10-7-11-15-28)43-36(48)33-19-27(23-46(33)37(49)32(44-40)22-41-35(47)5-2)52-34-20-30(24-12-8-6-9-13-24)42-31-18-26(51-3)16-17-29(31)34/h4-18,20,25,27,32-33,44H,1-2,19,21-23,40H2,3H3,(H,41,47)(H,43,48)(H,45,50)/t25-,27-,32+,33+,39-/m1/s1. The number of nitrogens with zero attached hydrogens (tertiary/aromatic N) is 2. The number of hydrogen-bond donors (Lipinski definition) is 4. The van der Waals surface area contributed by atoms with Gasteiger partial charge in [0, 0.05) is 46.9 Å². The van der Waals surface area contributed by atoms with Gasteiger partial charge in [0.05, 0.1) is 30.9 Å².